The first kappa shape index (κ1) is 15.0. The highest BCUT2D eigenvalue weighted by atomic mass is 79.9. The summed E-state index contributed by atoms with van der Waals surface area (Å²) < 4.78 is 30.4. The summed E-state index contributed by atoms with van der Waals surface area (Å²) in [6.07, 6.45) is 0.435. The van der Waals surface area contributed by atoms with Gasteiger partial charge >= 0.3 is 0 Å². The van der Waals surface area contributed by atoms with Crippen LogP contribution >= 0.6 is 15.9 Å². The van der Waals surface area contributed by atoms with E-state index in [0.29, 0.717) is 18.4 Å². The Bertz CT molecular complexity index is 501. The topological polar surface area (TPSA) is 43.4 Å². The Morgan fingerprint density at radius 1 is 1.37 bits per heavy atom. The molecule has 3 atom stereocenters. The van der Waals surface area contributed by atoms with Gasteiger partial charge in [-0.15, -0.1) is 0 Å². The SMILES string of the molecule is CC1OCCC1S(=O)(=O)CC(CBr)c1ccccc1. The number of benzene rings is 1. The summed E-state index contributed by atoms with van der Waals surface area (Å²) in [5, 5.41) is 0.302. The molecule has 1 saturated heterocycles. The molecule has 0 bridgehead atoms. The Kier molecular flexibility index (Phi) is 5.03. The Labute approximate surface area is 123 Å². The first-order chi connectivity index (χ1) is 9.04. The zero-order valence-electron chi connectivity index (χ0n) is 11.0. The molecule has 1 aliphatic heterocycles. The van der Waals surface area contributed by atoms with E-state index in [0.717, 1.165) is 5.56 Å². The van der Waals surface area contributed by atoms with Crippen LogP contribution in [-0.2, 0) is 14.6 Å². The largest absolute Gasteiger partial charge is 0.377 e. The van der Waals surface area contributed by atoms with Crippen molar-refractivity contribution in [2.45, 2.75) is 30.6 Å². The molecule has 0 spiro atoms. The standard InChI is InChI=1S/C14H19BrO3S/c1-11-14(7-8-18-11)19(16,17)10-13(9-15)12-5-3-2-4-6-12/h2-6,11,13-14H,7-10H2,1H3. The third-order valence-corrected chi connectivity index (χ3v) is 6.85. The maximum absolute atomic E-state index is 12.5. The lowest BCUT2D eigenvalue weighted by molar-refractivity contribution is 0.126. The molecule has 0 aromatic heterocycles. The van der Waals surface area contributed by atoms with E-state index in [1.807, 2.05) is 37.3 Å². The predicted molar refractivity (Wildman–Crippen MR) is 80.6 cm³/mol. The van der Waals surface area contributed by atoms with Gasteiger partial charge in [-0.3, -0.25) is 0 Å². The average molecular weight is 347 g/mol. The van der Waals surface area contributed by atoms with E-state index in [4.69, 9.17) is 4.74 Å². The second-order valence-corrected chi connectivity index (χ2v) is 7.91. The van der Waals surface area contributed by atoms with Gasteiger partial charge < -0.3 is 4.74 Å². The molecule has 106 valence electrons. The van der Waals surface area contributed by atoms with Crippen molar-refractivity contribution in [1.82, 2.24) is 0 Å². The van der Waals surface area contributed by atoms with Gasteiger partial charge in [-0.2, -0.15) is 0 Å². The summed E-state index contributed by atoms with van der Waals surface area (Å²) in [6, 6.07) is 9.79. The van der Waals surface area contributed by atoms with Crippen molar-refractivity contribution in [3.05, 3.63) is 35.9 Å². The number of sulfone groups is 1. The summed E-state index contributed by atoms with van der Waals surface area (Å²) in [7, 11) is -3.12. The van der Waals surface area contributed by atoms with Crippen molar-refractivity contribution in [3.63, 3.8) is 0 Å². The molecule has 3 unspecified atom stereocenters. The van der Waals surface area contributed by atoms with Crippen LogP contribution < -0.4 is 0 Å². The van der Waals surface area contributed by atoms with Crippen molar-refractivity contribution in [3.8, 4) is 0 Å². The van der Waals surface area contributed by atoms with Crippen molar-refractivity contribution in [2.24, 2.45) is 0 Å². The summed E-state index contributed by atoms with van der Waals surface area (Å²) in [6.45, 7) is 2.40. The molecule has 19 heavy (non-hydrogen) atoms. The Morgan fingerprint density at radius 3 is 2.58 bits per heavy atom. The van der Waals surface area contributed by atoms with Crippen LogP contribution in [0.3, 0.4) is 0 Å². The fourth-order valence-corrected chi connectivity index (χ4v) is 5.68. The van der Waals surface area contributed by atoms with Gasteiger partial charge in [-0.25, -0.2) is 8.42 Å². The maximum Gasteiger partial charge on any atom is 0.156 e. The van der Waals surface area contributed by atoms with Crippen molar-refractivity contribution < 1.29 is 13.2 Å². The van der Waals surface area contributed by atoms with E-state index in [1.165, 1.54) is 0 Å². The minimum Gasteiger partial charge on any atom is -0.377 e. The van der Waals surface area contributed by atoms with Crippen LogP contribution in [0.15, 0.2) is 30.3 Å². The predicted octanol–water partition coefficient (Wildman–Crippen LogP) is 2.76. The van der Waals surface area contributed by atoms with E-state index < -0.39 is 9.84 Å². The molecule has 0 aliphatic carbocycles. The lowest BCUT2D eigenvalue weighted by Crippen LogP contribution is -2.32. The molecule has 0 amide bonds. The number of hydrogen-bond donors (Lipinski definition) is 0. The molecule has 1 heterocycles. The highest BCUT2D eigenvalue weighted by molar-refractivity contribution is 9.09. The van der Waals surface area contributed by atoms with Crippen LogP contribution in [0.2, 0.25) is 0 Å². The van der Waals surface area contributed by atoms with Gasteiger partial charge in [0.1, 0.15) is 0 Å². The number of hydrogen-bond acceptors (Lipinski definition) is 3. The minimum atomic E-state index is -3.12. The van der Waals surface area contributed by atoms with Crippen LogP contribution in [0.1, 0.15) is 24.8 Å². The van der Waals surface area contributed by atoms with Crippen molar-refractivity contribution >= 4 is 25.8 Å². The van der Waals surface area contributed by atoms with E-state index in [9.17, 15) is 8.42 Å². The van der Waals surface area contributed by atoms with Crippen molar-refractivity contribution in [1.29, 1.82) is 0 Å². The Balaban J connectivity index is 2.14. The fourth-order valence-electron chi connectivity index (χ4n) is 2.54. The van der Waals surface area contributed by atoms with Crippen LogP contribution in [-0.4, -0.2) is 37.5 Å². The van der Waals surface area contributed by atoms with E-state index in [-0.39, 0.29) is 23.0 Å². The van der Waals surface area contributed by atoms with Gasteiger partial charge in [0.15, 0.2) is 9.84 Å². The summed E-state index contributed by atoms with van der Waals surface area (Å²) in [5.74, 6) is 0.180. The summed E-state index contributed by atoms with van der Waals surface area (Å²) in [5.41, 5.74) is 1.06. The molecule has 0 saturated carbocycles. The molecule has 0 radical (unpaired) electrons. The second kappa shape index (κ2) is 6.37. The Hall–Kier alpha value is -0.390. The minimum absolute atomic E-state index is 0.000926. The van der Waals surface area contributed by atoms with Gasteiger partial charge in [0.25, 0.3) is 0 Å². The van der Waals surface area contributed by atoms with Crippen molar-refractivity contribution in [2.75, 3.05) is 17.7 Å². The molecule has 1 aromatic rings. The molecule has 1 fully saturated rings. The number of alkyl halides is 1. The quantitative estimate of drug-likeness (QED) is 0.770. The van der Waals surface area contributed by atoms with Crippen LogP contribution in [0.4, 0.5) is 0 Å². The Morgan fingerprint density at radius 2 is 2.05 bits per heavy atom. The number of rotatable bonds is 5. The molecule has 3 nitrogen and oxygen atoms in total. The second-order valence-electron chi connectivity index (χ2n) is 4.99. The lowest BCUT2D eigenvalue weighted by Gasteiger charge is -2.20. The van der Waals surface area contributed by atoms with Gasteiger partial charge in [-0.1, -0.05) is 46.3 Å². The highest BCUT2D eigenvalue weighted by Crippen LogP contribution is 2.27. The average Bonchev–Trinajstić information content (AvgIpc) is 2.84. The molecule has 5 heteroatoms. The van der Waals surface area contributed by atoms with Gasteiger partial charge in [0.05, 0.1) is 17.1 Å². The third-order valence-electron chi connectivity index (χ3n) is 3.66. The normalized spacial score (nSPS) is 25.4. The molecule has 1 aliphatic rings. The van der Waals surface area contributed by atoms with Gasteiger partial charge in [-0.05, 0) is 18.9 Å². The first-order valence-corrected chi connectivity index (χ1v) is 9.32. The summed E-state index contributed by atoms with van der Waals surface area (Å²) >= 11 is 3.43. The monoisotopic (exact) mass is 346 g/mol. The molecular weight excluding hydrogens is 328 g/mol. The van der Waals surface area contributed by atoms with E-state index in [1.54, 1.807) is 0 Å². The van der Waals surface area contributed by atoms with E-state index >= 15 is 0 Å². The maximum atomic E-state index is 12.5. The van der Waals surface area contributed by atoms with Crippen LogP contribution in [0, 0.1) is 0 Å². The van der Waals surface area contributed by atoms with Crippen LogP contribution in [0.25, 0.3) is 0 Å². The summed E-state index contributed by atoms with van der Waals surface area (Å²) in [4.78, 5) is 0. The van der Waals surface area contributed by atoms with E-state index in [2.05, 4.69) is 15.9 Å². The highest BCUT2D eigenvalue weighted by Gasteiger charge is 2.37. The molecule has 2 rings (SSSR count). The lowest BCUT2D eigenvalue weighted by atomic mass is 10.0. The number of ether oxygens (including phenoxy) is 1. The molecular formula is C14H19BrO3S. The van der Waals surface area contributed by atoms with Gasteiger partial charge in [0.2, 0.25) is 0 Å². The molecule has 1 aromatic carbocycles. The fraction of sp³-hybridized carbons (Fsp3) is 0.571. The first-order valence-electron chi connectivity index (χ1n) is 6.48. The zero-order chi connectivity index (χ0) is 13.9. The van der Waals surface area contributed by atoms with Crippen LogP contribution in [0.5, 0.6) is 0 Å². The third kappa shape index (κ3) is 3.58. The zero-order valence-corrected chi connectivity index (χ0v) is 13.4. The van der Waals surface area contributed by atoms with Gasteiger partial charge in [0, 0.05) is 17.9 Å². The molecule has 0 N–H and O–H groups in total. The smallest absolute Gasteiger partial charge is 0.156 e. The number of halogens is 1.